The highest BCUT2D eigenvalue weighted by Crippen LogP contribution is 2.23. The summed E-state index contributed by atoms with van der Waals surface area (Å²) < 4.78 is 0. The summed E-state index contributed by atoms with van der Waals surface area (Å²) in [6.07, 6.45) is 3.67. The van der Waals surface area contributed by atoms with Gasteiger partial charge in [-0.15, -0.1) is 0 Å². The van der Waals surface area contributed by atoms with Gasteiger partial charge in [0, 0.05) is 19.7 Å². The van der Waals surface area contributed by atoms with E-state index in [-0.39, 0.29) is 0 Å². The van der Waals surface area contributed by atoms with Crippen LogP contribution in [0.2, 0.25) is 0 Å². The molecule has 0 fully saturated rings. The minimum atomic E-state index is 0.597. The molecule has 0 radical (unpaired) electrons. The first-order valence-corrected chi connectivity index (χ1v) is 5.06. The predicted octanol–water partition coefficient (Wildman–Crippen LogP) is 2.06. The van der Waals surface area contributed by atoms with Gasteiger partial charge in [-0.05, 0) is 36.5 Å². The normalized spacial score (nSPS) is 13.9. The Morgan fingerprint density at radius 1 is 1.21 bits per heavy atom. The molecule has 0 spiro atoms. The Kier molecular flexibility index (Phi) is 2.28. The molecule has 1 N–H and O–H groups in total. The van der Waals surface area contributed by atoms with Gasteiger partial charge in [0.25, 0.3) is 0 Å². The lowest BCUT2D eigenvalue weighted by molar-refractivity contribution is 0.619. The van der Waals surface area contributed by atoms with Crippen molar-refractivity contribution in [3.63, 3.8) is 0 Å². The molecule has 0 saturated heterocycles. The van der Waals surface area contributed by atoms with Crippen LogP contribution in [0.4, 0.5) is 0 Å². The summed E-state index contributed by atoms with van der Waals surface area (Å²) in [4.78, 5) is 1.84. The molecule has 0 atom stereocenters. The fraction of sp³-hybridized carbons (Fsp3) is 0.417. The van der Waals surface area contributed by atoms with E-state index in [1.54, 1.807) is 0 Å². The molecule has 2 rings (SSSR count). The topological polar surface area (TPSA) is 27.1 Å². The Balaban J connectivity index is 2.33. The Morgan fingerprint density at radius 3 is 2.64 bits per heavy atom. The summed E-state index contributed by atoms with van der Waals surface area (Å²) in [5.74, 6) is 0.597. The fourth-order valence-corrected chi connectivity index (χ4v) is 1.98. The van der Waals surface area contributed by atoms with Gasteiger partial charge in [-0.25, -0.2) is 0 Å². The molecule has 0 amide bonds. The van der Waals surface area contributed by atoms with E-state index in [1.165, 1.54) is 30.4 Å². The van der Waals surface area contributed by atoms with Crippen molar-refractivity contribution in [3.05, 3.63) is 34.9 Å². The highest BCUT2D eigenvalue weighted by atomic mass is 15.1. The van der Waals surface area contributed by atoms with Crippen molar-refractivity contribution in [1.29, 1.82) is 5.41 Å². The summed E-state index contributed by atoms with van der Waals surface area (Å²) in [6, 6.07) is 6.41. The summed E-state index contributed by atoms with van der Waals surface area (Å²) in [5.41, 5.74) is 3.95. The molecular weight excluding hydrogens is 172 g/mol. The third kappa shape index (κ3) is 1.52. The monoisotopic (exact) mass is 188 g/mol. The van der Waals surface area contributed by atoms with Gasteiger partial charge in [0.05, 0.1) is 0 Å². The summed E-state index contributed by atoms with van der Waals surface area (Å²) >= 11 is 0. The zero-order valence-corrected chi connectivity index (χ0v) is 8.80. The highest BCUT2D eigenvalue weighted by molar-refractivity contribution is 5.96. The molecule has 74 valence electrons. The minimum absolute atomic E-state index is 0.597. The van der Waals surface area contributed by atoms with Gasteiger partial charge in [-0.2, -0.15) is 0 Å². The number of hydrogen-bond donors (Lipinski definition) is 1. The lowest BCUT2D eigenvalue weighted by Gasteiger charge is -2.14. The lowest BCUT2D eigenvalue weighted by Crippen LogP contribution is -2.21. The van der Waals surface area contributed by atoms with Gasteiger partial charge in [-0.1, -0.05) is 12.1 Å². The van der Waals surface area contributed by atoms with Crippen molar-refractivity contribution in [2.75, 3.05) is 14.1 Å². The molecule has 0 heterocycles. The third-order valence-corrected chi connectivity index (χ3v) is 2.82. The van der Waals surface area contributed by atoms with E-state index in [1.807, 2.05) is 19.0 Å². The first-order chi connectivity index (χ1) is 6.68. The molecule has 0 bridgehead atoms. The van der Waals surface area contributed by atoms with E-state index >= 15 is 0 Å². The number of aryl methyl sites for hydroxylation is 2. The maximum absolute atomic E-state index is 7.87. The first-order valence-electron chi connectivity index (χ1n) is 5.06. The van der Waals surface area contributed by atoms with E-state index in [0.717, 1.165) is 5.56 Å². The molecule has 0 saturated carbocycles. The van der Waals surface area contributed by atoms with Crippen LogP contribution in [0.25, 0.3) is 0 Å². The standard InChI is InChI=1S/C12H16N2/c1-14(2)12(13)11-7-6-9-4-3-5-10(9)8-11/h6-8,13H,3-5H2,1-2H3. The largest absolute Gasteiger partial charge is 0.363 e. The van der Waals surface area contributed by atoms with Crippen molar-refractivity contribution in [3.8, 4) is 0 Å². The Hall–Kier alpha value is -1.31. The van der Waals surface area contributed by atoms with Crippen LogP contribution in [0.1, 0.15) is 23.1 Å². The Morgan fingerprint density at radius 2 is 1.93 bits per heavy atom. The lowest BCUT2D eigenvalue weighted by atomic mass is 10.1. The zero-order valence-electron chi connectivity index (χ0n) is 8.80. The highest BCUT2D eigenvalue weighted by Gasteiger charge is 2.12. The molecule has 0 aliphatic heterocycles. The van der Waals surface area contributed by atoms with Gasteiger partial charge < -0.3 is 4.90 Å². The van der Waals surface area contributed by atoms with Crippen LogP contribution in [0.15, 0.2) is 18.2 Å². The van der Waals surface area contributed by atoms with Crippen molar-refractivity contribution in [1.82, 2.24) is 4.90 Å². The first kappa shape index (κ1) is 9.25. The Bertz CT molecular complexity index is 367. The van der Waals surface area contributed by atoms with Crippen LogP contribution in [-0.4, -0.2) is 24.8 Å². The molecule has 1 aliphatic rings. The minimum Gasteiger partial charge on any atom is -0.363 e. The van der Waals surface area contributed by atoms with E-state index in [0.29, 0.717) is 5.84 Å². The number of nitrogens with zero attached hydrogens (tertiary/aromatic N) is 1. The average molecular weight is 188 g/mol. The second-order valence-electron chi connectivity index (χ2n) is 4.08. The fourth-order valence-electron chi connectivity index (χ4n) is 1.98. The summed E-state index contributed by atoms with van der Waals surface area (Å²) in [6.45, 7) is 0. The number of amidine groups is 1. The van der Waals surface area contributed by atoms with Gasteiger partial charge in [0.15, 0.2) is 0 Å². The molecule has 0 aromatic heterocycles. The van der Waals surface area contributed by atoms with Crippen LogP contribution in [0.3, 0.4) is 0 Å². The van der Waals surface area contributed by atoms with Gasteiger partial charge in [0.2, 0.25) is 0 Å². The molecule has 0 unspecified atom stereocenters. The van der Waals surface area contributed by atoms with Crippen LogP contribution >= 0.6 is 0 Å². The quantitative estimate of drug-likeness (QED) is 0.530. The summed E-state index contributed by atoms with van der Waals surface area (Å²) in [5, 5.41) is 7.87. The molecule has 2 nitrogen and oxygen atoms in total. The number of rotatable bonds is 1. The van der Waals surface area contributed by atoms with Crippen molar-refractivity contribution in [2.45, 2.75) is 19.3 Å². The molecule has 1 aromatic carbocycles. The zero-order chi connectivity index (χ0) is 10.1. The third-order valence-electron chi connectivity index (χ3n) is 2.82. The van der Waals surface area contributed by atoms with Crippen LogP contribution in [-0.2, 0) is 12.8 Å². The molecule has 2 heteroatoms. The predicted molar refractivity (Wildman–Crippen MR) is 59.0 cm³/mol. The molecule has 14 heavy (non-hydrogen) atoms. The molecule has 1 aromatic rings. The van der Waals surface area contributed by atoms with Crippen molar-refractivity contribution < 1.29 is 0 Å². The second-order valence-corrected chi connectivity index (χ2v) is 4.08. The number of benzene rings is 1. The number of fused-ring (bicyclic) bond motifs is 1. The van der Waals surface area contributed by atoms with E-state index in [9.17, 15) is 0 Å². The van der Waals surface area contributed by atoms with Gasteiger partial charge >= 0.3 is 0 Å². The van der Waals surface area contributed by atoms with E-state index < -0.39 is 0 Å². The summed E-state index contributed by atoms with van der Waals surface area (Å²) in [7, 11) is 3.82. The van der Waals surface area contributed by atoms with Gasteiger partial charge in [-0.3, -0.25) is 5.41 Å². The SMILES string of the molecule is CN(C)C(=N)c1ccc2c(c1)CCC2. The van der Waals surface area contributed by atoms with Crippen LogP contribution < -0.4 is 0 Å². The number of nitrogens with one attached hydrogen (secondary N) is 1. The molecular formula is C12H16N2. The maximum atomic E-state index is 7.87. The van der Waals surface area contributed by atoms with E-state index in [2.05, 4.69) is 18.2 Å². The van der Waals surface area contributed by atoms with Gasteiger partial charge in [0.1, 0.15) is 5.84 Å². The van der Waals surface area contributed by atoms with Crippen LogP contribution in [0, 0.1) is 5.41 Å². The smallest absolute Gasteiger partial charge is 0.127 e. The van der Waals surface area contributed by atoms with Crippen molar-refractivity contribution in [2.24, 2.45) is 0 Å². The van der Waals surface area contributed by atoms with Crippen LogP contribution in [0.5, 0.6) is 0 Å². The maximum Gasteiger partial charge on any atom is 0.127 e. The second kappa shape index (κ2) is 3.45. The Labute approximate surface area is 85.1 Å². The van der Waals surface area contributed by atoms with E-state index in [4.69, 9.17) is 5.41 Å². The molecule has 1 aliphatic carbocycles. The van der Waals surface area contributed by atoms with Crippen molar-refractivity contribution >= 4 is 5.84 Å². The average Bonchev–Trinajstić information content (AvgIpc) is 2.62. The number of hydrogen-bond acceptors (Lipinski definition) is 1.